The Balaban J connectivity index is 1.53. The SMILES string of the molecule is CC(=O)c1ccc(OCC(=O)Nc2ccc(Sc3cc(C)ccc3C)cc2)cc1. The largest absolute Gasteiger partial charge is 0.484 e. The number of benzene rings is 3. The van der Waals surface area contributed by atoms with Crippen LogP contribution in [0.15, 0.2) is 76.5 Å². The molecule has 0 atom stereocenters. The number of carbonyl (C=O) groups is 2. The van der Waals surface area contributed by atoms with Gasteiger partial charge in [0.15, 0.2) is 12.4 Å². The molecule has 1 amide bonds. The van der Waals surface area contributed by atoms with Crippen molar-refractivity contribution in [1.29, 1.82) is 0 Å². The van der Waals surface area contributed by atoms with E-state index in [-0.39, 0.29) is 18.3 Å². The number of amides is 1. The van der Waals surface area contributed by atoms with E-state index in [4.69, 9.17) is 4.74 Å². The summed E-state index contributed by atoms with van der Waals surface area (Å²) in [7, 11) is 0. The Morgan fingerprint density at radius 2 is 1.62 bits per heavy atom. The monoisotopic (exact) mass is 405 g/mol. The first-order chi connectivity index (χ1) is 13.9. The van der Waals surface area contributed by atoms with Crippen molar-refractivity contribution in [3.05, 3.63) is 83.4 Å². The molecule has 5 heteroatoms. The van der Waals surface area contributed by atoms with Crippen LogP contribution in [0, 0.1) is 13.8 Å². The predicted octanol–water partition coefficient (Wildman–Crippen LogP) is 5.67. The molecule has 0 spiro atoms. The van der Waals surface area contributed by atoms with Crippen molar-refractivity contribution in [2.45, 2.75) is 30.6 Å². The van der Waals surface area contributed by atoms with E-state index in [1.165, 1.54) is 22.9 Å². The first-order valence-electron chi connectivity index (χ1n) is 9.29. The number of ether oxygens (including phenoxy) is 1. The van der Waals surface area contributed by atoms with Crippen LogP contribution in [0.4, 0.5) is 5.69 Å². The number of anilines is 1. The molecule has 0 aliphatic rings. The number of Topliss-reactive ketones (excluding diaryl/α,β-unsaturated/α-hetero) is 1. The van der Waals surface area contributed by atoms with Gasteiger partial charge in [-0.3, -0.25) is 9.59 Å². The van der Waals surface area contributed by atoms with Crippen molar-refractivity contribution >= 4 is 29.1 Å². The van der Waals surface area contributed by atoms with Gasteiger partial charge >= 0.3 is 0 Å². The summed E-state index contributed by atoms with van der Waals surface area (Å²) in [4.78, 5) is 25.7. The quantitative estimate of drug-likeness (QED) is 0.514. The Morgan fingerprint density at radius 1 is 0.931 bits per heavy atom. The zero-order valence-electron chi connectivity index (χ0n) is 16.7. The normalized spacial score (nSPS) is 10.4. The number of aryl methyl sites for hydroxylation is 2. The van der Waals surface area contributed by atoms with E-state index in [0.717, 1.165) is 10.6 Å². The summed E-state index contributed by atoms with van der Waals surface area (Å²) in [6.07, 6.45) is 0. The maximum absolute atomic E-state index is 12.1. The Bertz CT molecular complexity index is 1010. The van der Waals surface area contributed by atoms with Crippen LogP contribution in [-0.4, -0.2) is 18.3 Å². The van der Waals surface area contributed by atoms with Gasteiger partial charge in [0, 0.05) is 21.0 Å². The third kappa shape index (κ3) is 5.96. The highest BCUT2D eigenvalue weighted by atomic mass is 32.2. The van der Waals surface area contributed by atoms with E-state index < -0.39 is 0 Å². The lowest BCUT2D eigenvalue weighted by Crippen LogP contribution is -2.20. The van der Waals surface area contributed by atoms with Crippen LogP contribution < -0.4 is 10.1 Å². The van der Waals surface area contributed by atoms with Gasteiger partial charge in [0.1, 0.15) is 5.75 Å². The molecule has 1 N–H and O–H groups in total. The summed E-state index contributed by atoms with van der Waals surface area (Å²) >= 11 is 1.71. The van der Waals surface area contributed by atoms with Gasteiger partial charge in [0.05, 0.1) is 0 Å². The van der Waals surface area contributed by atoms with Crippen LogP contribution in [0.2, 0.25) is 0 Å². The highest BCUT2D eigenvalue weighted by molar-refractivity contribution is 7.99. The second-order valence-electron chi connectivity index (χ2n) is 6.81. The van der Waals surface area contributed by atoms with Crippen molar-refractivity contribution < 1.29 is 14.3 Å². The summed E-state index contributed by atoms with van der Waals surface area (Å²) < 4.78 is 5.47. The molecule has 0 saturated carbocycles. The summed E-state index contributed by atoms with van der Waals surface area (Å²) in [6, 6.07) is 20.9. The topological polar surface area (TPSA) is 55.4 Å². The van der Waals surface area contributed by atoms with Crippen molar-refractivity contribution in [1.82, 2.24) is 0 Å². The molecule has 0 unspecified atom stereocenters. The number of nitrogens with one attached hydrogen (secondary N) is 1. The molecular weight excluding hydrogens is 382 g/mol. The van der Waals surface area contributed by atoms with Gasteiger partial charge in [-0.25, -0.2) is 0 Å². The van der Waals surface area contributed by atoms with Crippen molar-refractivity contribution in [3.63, 3.8) is 0 Å². The molecule has 0 aromatic heterocycles. The number of rotatable bonds is 7. The van der Waals surface area contributed by atoms with E-state index in [1.54, 1.807) is 36.0 Å². The van der Waals surface area contributed by atoms with Crippen LogP contribution >= 0.6 is 11.8 Å². The van der Waals surface area contributed by atoms with Gasteiger partial charge in [-0.1, -0.05) is 23.9 Å². The first-order valence-corrected chi connectivity index (χ1v) is 10.1. The molecule has 148 valence electrons. The molecule has 0 aliphatic carbocycles. The van der Waals surface area contributed by atoms with E-state index in [9.17, 15) is 9.59 Å². The fraction of sp³-hybridized carbons (Fsp3) is 0.167. The number of carbonyl (C=O) groups excluding carboxylic acids is 2. The van der Waals surface area contributed by atoms with Crippen molar-refractivity contribution in [2.24, 2.45) is 0 Å². The minimum Gasteiger partial charge on any atom is -0.484 e. The summed E-state index contributed by atoms with van der Waals surface area (Å²) in [5, 5.41) is 2.83. The fourth-order valence-electron chi connectivity index (χ4n) is 2.68. The molecule has 0 bridgehead atoms. The lowest BCUT2D eigenvalue weighted by Gasteiger charge is -2.09. The zero-order chi connectivity index (χ0) is 20.8. The van der Waals surface area contributed by atoms with E-state index in [1.807, 2.05) is 24.3 Å². The van der Waals surface area contributed by atoms with Crippen molar-refractivity contribution in [2.75, 3.05) is 11.9 Å². The minimum absolute atomic E-state index is 0.00605. The lowest BCUT2D eigenvalue weighted by atomic mass is 10.1. The Morgan fingerprint density at radius 3 is 2.28 bits per heavy atom. The van der Waals surface area contributed by atoms with Gasteiger partial charge in [-0.15, -0.1) is 0 Å². The third-order valence-electron chi connectivity index (χ3n) is 4.34. The molecule has 3 aromatic rings. The Hall–Kier alpha value is -3.05. The van der Waals surface area contributed by atoms with E-state index >= 15 is 0 Å². The van der Waals surface area contributed by atoms with Gasteiger partial charge in [-0.05, 0) is 86.5 Å². The smallest absolute Gasteiger partial charge is 0.262 e. The Labute approximate surface area is 175 Å². The first kappa shape index (κ1) is 20.7. The molecule has 3 rings (SSSR count). The lowest BCUT2D eigenvalue weighted by molar-refractivity contribution is -0.118. The number of hydrogen-bond acceptors (Lipinski definition) is 4. The molecule has 0 saturated heterocycles. The highest BCUT2D eigenvalue weighted by Crippen LogP contribution is 2.31. The van der Waals surface area contributed by atoms with Crippen LogP contribution in [-0.2, 0) is 4.79 Å². The highest BCUT2D eigenvalue weighted by Gasteiger charge is 2.06. The number of ketones is 1. The molecule has 0 fully saturated rings. The summed E-state index contributed by atoms with van der Waals surface area (Å²) in [6.45, 7) is 5.60. The molecule has 0 aliphatic heterocycles. The van der Waals surface area contributed by atoms with E-state index in [0.29, 0.717) is 11.3 Å². The summed E-state index contributed by atoms with van der Waals surface area (Å²) in [5.41, 5.74) is 3.81. The second-order valence-corrected chi connectivity index (χ2v) is 7.93. The molecule has 29 heavy (non-hydrogen) atoms. The molecule has 0 heterocycles. The van der Waals surface area contributed by atoms with Crippen molar-refractivity contribution in [3.8, 4) is 5.75 Å². The minimum atomic E-state index is -0.240. The Kier molecular flexibility index (Phi) is 6.73. The molecule has 4 nitrogen and oxygen atoms in total. The van der Waals surface area contributed by atoms with Gasteiger partial charge in [0.25, 0.3) is 5.91 Å². The van der Waals surface area contributed by atoms with E-state index in [2.05, 4.69) is 37.4 Å². The average Bonchev–Trinajstić information content (AvgIpc) is 2.71. The van der Waals surface area contributed by atoms with Crippen LogP contribution in [0.25, 0.3) is 0 Å². The molecular formula is C24H23NO3S. The van der Waals surface area contributed by atoms with Crippen LogP contribution in [0.3, 0.4) is 0 Å². The van der Waals surface area contributed by atoms with Crippen LogP contribution in [0.1, 0.15) is 28.4 Å². The van der Waals surface area contributed by atoms with Gasteiger partial charge in [0.2, 0.25) is 0 Å². The standard InChI is InChI=1S/C24H23NO3S/c1-16-4-5-17(2)23(14-16)29-22-12-8-20(9-13-22)25-24(27)15-28-21-10-6-19(7-11-21)18(3)26/h4-14H,15H2,1-3H3,(H,25,27). The van der Waals surface area contributed by atoms with Gasteiger partial charge in [-0.2, -0.15) is 0 Å². The van der Waals surface area contributed by atoms with Crippen LogP contribution in [0.5, 0.6) is 5.75 Å². The summed E-state index contributed by atoms with van der Waals surface area (Å²) in [5.74, 6) is 0.300. The maximum Gasteiger partial charge on any atom is 0.262 e. The zero-order valence-corrected chi connectivity index (χ0v) is 17.5. The fourth-order valence-corrected chi connectivity index (χ4v) is 3.68. The maximum atomic E-state index is 12.1. The molecule has 0 radical (unpaired) electrons. The predicted molar refractivity (Wildman–Crippen MR) is 117 cm³/mol. The molecule has 3 aromatic carbocycles. The second kappa shape index (κ2) is 9.43. The third-order valence-corrected chi connectivity index (χ3v) is 5.51. The van der Waals surface area contributed by atoms with Gasteiger partial charge < -0.3 is 10.1 Å². The average molecular weight is 406 g/mol. The number of hydrogen-bond donors (Lipinski definition) is 1.